The molecule has 1 unspecified atom stereocenters. The number of hydrogen-bond donors (Lipinski definition) is 5. The third kappa shape index (κ3) is 2.82. The minimum atomic E-state index is -2.09. The van der Waals surface area contributed by atoms with E-state index in [1.165, 1.54) is 0 Å². The number of carbonyl (C=O) groups is 2. The Balaban J connectivity index is 4.24. The summed E-state index contributed by atoms with van der Waals surface area (Å²) in [6.07, 6.45) is -0.516. The van der Waals surface area contributed by atoms with Crippen molar-refractivity contribution in [2.24, 2.45) is 17.2 Å². The average Bonchev–Trinajstić information content (AvgIpc) is 1.85. The molecule has 0 heterocycles. The lowest BCUT2D eigenvalue weighted by Gasteiger charge is -2.20. The van der Waals surface area contributed by atoms with E-state index in [1.807, 2.05) is 0 Å². The molecule has 8 N–H and O–H groups in total. The van der Waals surface area contributed by atoms with Crippen molar-refractivity contribution >= 4 is 11.9 Å². The highest BCUT2D eigenvalue weighted by atomic mass is 16.4. The molecule has 0 aromatic rings. The Labute approximate surface area is 68.1 Å². The first-order valence-electron chi connectivity index (χ1n) is 3.07. The second kappa shape index (κ2) is 3.48. The van der Waals surface area contributed by atoms with Crippen LogP contribution in [0, 0.1) is 0 Å². The van der Waals surface area contributed by atoms with Gasteiger partial charge in [0.2, 0.25) is 0 Å². The van der Waals surface area contributed by atoms with Gasteiger partial charge in [0, 0.05) is 6.42 Å². The number of carboxylic acids is 2. The van der Waals surface area contributed by atoms with E-state index in [0.29, 0.717) is 0 Å². The first-order valence-corrected chi connectivity index (χ1v) is 3.07. The molecule has 0 aliphatic carbocycles. The van der Waals surface area contributed by atoms with Crippen LogP contribution in [0.15, 0.2) is 0 Å². The molecule has 0 aromatic carbocycles. The molecule has 0 aromatic heterocycles. The molecule has 0 saturated carbocycles. The molecule has 0 spiro atoms. The van der Waals surface area contributed by atoms with Crippen molar-refractivity contribution < 1.29 is 19.8 Å². The predicted molar refractivity (Wildman–Crippen MR) is 39.0 cm³/mol. The lowest BCUT2D eigenvalue weighted by atomic mass is 10.0. The van der Waals surface area contributed by atoms with E-state index in [1.54, 1.807) is 0 Å². The second-order valence-corrected chi connectivity index (χ2v) is 2.49. The lowest BCUT2D eigenvalue weighted by molar-refractivity contribution is -0.145. The van der Waals surface area contributed by atoms with Crippen molar-refractivity contribution in [2.75, 3.05) is 0 Å². The van der Waals surface area contributed by atoms with Gasteiger partial charge in [0.1, 0.15) is 6.04 Å². The monoisotopic (exact) mass is 177 g/mol. The van der Waals surface area contributed by atoms with Crippen LogP contribution in [0.2, 0.25) is 0 Å². The van der Waals surface area contributed by atoms with Gasteiger partial charge in [-0.1, -0.05) is 0 Å². The molecular formula is C5H11N3O4. The number of rotatable bonds is 4. The van der Waals surface area contributed by atoms with Crippen molar-refractivity contribution in [2.45, 2.75) is 18.1 Å². The highest BCUT2D eigenvalue weighted by Crippen LogP contribution is 2.01. The van der Waals surface area contributed by atoms with Crippen LogP contribution < -0.4 is 17.2 Å². The zero-order chi connectivity index (χ0) is 9.94. The molecule has 1 atom stereocenters. The minimum Gasteiger partial charge on any atom is -0.480 e. The molecule has 0 bridgehead atoms. The SMILES string of the molecule is NC(CC(N)(N)C(=O)O)C(=O)O. The first-order chi connectivity index (χ1) is 5.27. The topological polar surface area (TPSA) is 153 Å². The first kappa shape index (κ1) is 10.8. The fourth-order valence-electron chi connectivity index (χ4n) is 0.539. The Kier molecular flexibility index (Phi) is 3.14. The van der Waals surface area contributed by atoms with E-state index in [9.17, 15) is 9.59 Å². The molecule has 70 valence electrons. The van der Waals surface area contributed by atoms with Crippen molar-refractivity contribution in [1.29, 1.82) is 0 Å². The van der Waals surface area contributed by atoms with E-state index in [4.69, 9.17) is 27.4 Å². The molecule has 7 nitrogen and oxygen atoms in total. The summed E-state index contributed by atoms with van der Waals surface area (Å²) >= 11 is 0. The van der Waals surface area contributed by atoms with Crippen LogP contribution in [0.4, 0.5) is 0 Å². The van der Waals surface area contributed by atoms with Crippen molar-refractivity contribution in [1.82, 2.24) is 0 Å². The maximum absolute atomic E-state index is 10.3. The minimum absolute atomic E-state index is 0.516. The summed E-state index contributed by atoms with van der Waals surface area (Å²) in [6.45, 7) is 0. The molecule has 0 amide bonds. The van der Waals surface area contributed by atoms with Gasteiger partial charge in [-0.05, 0) is 0 Å². The van der Waals surface area contributed by atoms with Crippen LogP contribution in [0.25, 0.3) is 0 Å². The molecule has 0 saturated heterocycles. The Morgan fingerprint density at radius 1 is 1.33 bits per heavy atom. The Morgan fingerprint density at radius 3 is 2.00 bits per heavy atom. The van der Waals surface area contributed by atoms with Crippen LogP contribution in [0.3, 0.4) is 0 Å². The van der Waals surface area contributed by atoms with Gasteiger partial charge in [0.25, 0.3) is 0 Å². The van der Waals surface area contributed by atoms with Gasteiger partial charge in [0.15, 0.2) is 5.66 Å². The number of hydrogen-bond acceptors (Lipinski definition) is 5. The quantitative estimate of drug-likeness (QED) is 0.297. The molecule has 12 heavy (non-hydrogen) atoms. The normalized spacial score (nSPS) is 13.9. The Morgan fingerprint density at radius 2 is 1.75 bits per heavy atom. The van der Waals surface area contributed by atoms with Crippen molar-refractivity contribution in [3.8, 4) is 0 Å². The summed E-state index contributed by atoms with van der Waals surface area (Å²) in [5.74, 6) is -2.82. The maximum Gasteiger partial charge on any atom is 0.338 e. The van der Waals surface area contributed by atoms with Gasteiger partial charge in [-0.25, -0.2) is 4.79 Å². The second-order valence-electron chi connectivity index (χ2n) is 2.49. The van der Waals surface area contributed by atoms with Crippen LogP contribution >= 0.6 is 0 Å². The molecule has 0 rings (SSSR count). The molecule has 0 fully saturated rings. The molecule has 7 heteroatoms. The summed E-state index contributed by atoms with van der Waals surface area (Å²) in [5, 5.41) is 16.7. The van der Waals surface area contributed by atoms with Gasteiger partial charge in [-0.15, -0.1) is 0 Å². The van der Waals surface area contributed by atoms with Gasteiger partial charge in [0.05, 0.1) is 0 Å². The highest BCUT2D eigenvalue weighted by molar-refractivity contribution is 5.80. The largest absolute Gasteiger partial charge is 0.480 e. The predicted octanol–water partition coefficient (Wildman–Crippen LogP) is -2.51. The summed E-state index contributed by atoms with van der Waals surface area (Å²) in [4.78, 5) is 20.5. The highest BCUT2D eigenvalue weighted by Gasteiger charge is 2.33. The van der Waals surface area contributed by atoms with Crippen LogP contribution in [-0.2, 0) is 9.59 Å². The smallest absolute Gasteiger partial charge is 0.338 e. The van der Waals surface area contributed by atoms with E-state index in [2.05, 4.69) is 0 Å². The summed E-state index contributed by atoms with van der Waals surface area (Å²) in [5.41, 5.74) is 13.0. The Bertz CT molecular complexity index is 203. The molecule has 0 aliphatic rings. The van der Waals surface area contributed by atoms with Crippen LogP contribution in [0.1, 0.15) is 6.42 Å². The zero-order valence-electron chi connectivity index (χ0n) is 6.23. The fraction of sp³-hybridized carbons (Fsp3) is 0.600. The van der Waals surface area contributed by atoms with Crippen LogP contribution in [-0.4, -0.2) is 33.9 Å². The summed E-state index contributed by atoms with van der Waals surface area (Å²) in [6, 6.07) is -1.36. The van der Waals surface area contributed by atoms with E-state index < -0.39 is 30.1 Å². The fourth-order valence-corrected chi connectivity index (χ4v) is 0.539. The van der Waals surface area contributed by atoms with Gasteiger partial charge >= 0.3 is 11.9 Å². The van der Waals surface area contributed by atoms with Gasteiger partial charge < -0.3 is 27.4 Å². The van der Waals surface area contributed by atoms with Gasteiger partial charge in [-0.3, -0.25) is 4.79 Å². The van der Waals surface area contributed by atoms with Crippen molar-refractivity contribution in [3.05, 3.63) is 0 Å². The number of aliphatic carboxylic acids is 2. The van der Waals surface area contributed by atoms with E-state index in [-0.39, 0.29) is 0 Å². The van der Waals surface area contributed by atoms with Crippen molar-refractivity contribution in [3.63, 3.8) is 0 Å². The lowest BCUT2D eigenvalue weighted by Crippen LogP contribution is -2.60. The van der Waals surface area contributed by atoms with E-state index >= 15 is 0 Å². The maximum atomic E-state index is 10.3. The zero-order valence-corrected chi connectivity index (χ0v) is 6.23. The molecular weight excluding hydrogens is 166 g/mol. The third-order valence-electron chi connectivity index (χ3n) is 1.27. The Hall–Kier alpha value is -1.18. The molecule has 0 radical (unpaired) electrons. The van der Waals surface area contributed by atoms with Gasteiger partial charge in [-0.2, -0.15) is 0 Å². The third-order valence-corrected chi connectivity index (χ3v) is 1.27. The average molecular weight is 177 g/mol. The molecule has 0 aliphatic heterocycles. The summed E-state index contributed by atoms with van der Waals surface area (Å²) < 4.78 is 0. The number of carboxylic acid groups (broad SMARTS) is 2. The summed E-state index contributed by atoms with van der Waals surface area (Å²) in [7, 11) is 0. The standard InChI is InChI=1S/C5H11N3O4/c6-2(3(9)10)1-5(7,8)4(11)12/h2H,1,6-8H2,(H,9,10)(H,11,12). The number of nitrogens with two attached hydrogens (primary N) is 3. The van der Waals surface area contributed by atoms with Crippen LogP contribution in [0.5, 0.6) is 0 Å². The van der Waals surface area contributed by atoms with E-state index in [0.717, 1.165) is 0 Å².